The molecule has 18 heteroatoms. The number of rotatable bonds is 17. The first kappa shape index (κ1) is 48.6. The van der Waals surface area contributed by atoms with E-state index in [2.05, 4.69) is 52.6 Å². The van der Waals surface area contributed by atoms with Crippen LogP contribution < -0.4 is 0 Å². The standard InChI is InChI=1S/C21H26O9.C18H20O9/c1-10(2)17(22)27-14-9-26-21(30-20(25)13(7)8)16(29-19(24)12(5)6)15(14)28-18(23)11(3)4;1-5-13(19)24-9-11-17(26-15(21)7-3)18(27-16(22)8-4)12(10-23-11)25-14(20)6-2/h14-16,21H,1,3,5,7,9H2,2,4,6,8H3;5-8,11-12,17-18H,1-4,9-10H2/t14-,15-,16+,21?;11?,12-,17-,18-/m11/s1. The predicted molar refractivity (Wildman–Crippen MR) is 196 cm³/mol. The van der Waals surface area contributed by atoms with Gasteiger partial charge < -0.3 is 47.4 Å². The van der Waals surface area contributed by atoms with Crippen LogP contribution in [0.25, 0.3) is 0 Å². The first-order chi connectivity index (χ1) is 26.7. The molecule has 310 valence electrons. The molecule has 0 spiro atoms. The number of ether oxygens (including phenoxy) is 10. The smallest absolute Gasteiger partial charge is 0.335 e. The highest BCUT2D eigenvalue weighted by molar-refractivity contribution is 5.89. The van der Waals surface area contributed by atoms with E-state index in [9.17, 15) is 38.4 Å². The van der Waals surface area contributed by atoms with Gasteiger partial charge in [0.1, 0.15) is 12.7 Å². The minimum absolute atomic E-state index is 0.0333. The van der Waals surface area contributed by atoms with E-state index in [1.165, 1.54) is 27.7 Å². The lowest BCUT2D eigenvalue weighted by molar-refractivity contribution is -0.272. The molecule has 2 aliphatic heterocycles. The quantitative estimate of drug-likeness (QED) is 0.117. The van der Waals surface area contributed by atoms with Gasteiger partial charge in [-0.15, -0.1) is 0 Å². The minimum atomic E-state index is -1.46. The number of carbonyl (C=O) groups excluding carboxylic acids is 8. The molecule has 0 aromatic heterocycles. The summed E-state index contributed by atoms with van der Waals surface area (Å²) in [5.74, 6) is -6.51. The molecule has 0 aliphatic carbocycles. The van der Waals surface area contributed by atoms with E-state index in [0.717, 1.165) is 24.3 Å². The molecule has 2 saturated heterocycles. The molecule has 2 rings (SSSR count). The van der Waals surface area contributed by atoms with Crippen molar-refractivity contribution in [3.8, 4) is 0 Å². The van der Waals surface area contributed by atoms with Gasteiger partial charge in [-0.25, -0.2) is 38.4 Å². The molecule has 57 heavy (non-hydrogen) atoms. The normalized spacial score (nSPS) is 23.3. The van der Waals surface area contributed by atoms with Crippen molar-refractivity contribution in [2.75, 3.05) is 19.8 Å². The van der Waals surface area contributed by atoms with Gasteiger partial charge in [-0.2, -0.15) is 0 Å². The Morgan fingerprint density at radius 1 is 0.474 bits per heavy atom. The third-order valence-corrected chi connectivity index (χ3v) is 7.10. The Labute approximate surface area is 329 Å². The maximum atomic E-state index is 12.2. The third-order valence-electron chi connectivity index (χ3n) is 7.10. The number of hydrogen-bond acceptors (Lipinski definition) is 18. The highest BCUT2D eigenvalue weighted by Gasteiger charge is 2.50. The zero-order valence-corrected chi connectivity index (χ0v) is 32.1. The van der Waals surface area contributed by atoms with Crippen molar-refractivity contribution >= 4 is 47.8 Å². The van der Waals surface area contributed by atoms with E-state index in [1.807, 2.05) is 0 Å². The SMILES string of the molecule is C=C(C)C(=O)OC1OC[C@@H](OC(=O)C(=C)C)[C@@H](OC(=O)C(=C)C)[C@@H]1OC(=O)C(=C)C.C=CC(=O)OCC1OC[C@@H](OC(=O)C=C)[C@@H](OC(=O)C=C)[C@@H]1OC(=O)C=C. The van der Waals surface area contributed by atoms with Gasteiger partial charge in [0.15, 0.2) is 30.5 Å². The second kappa shape index (κ2) is 23.5. The summed E-state index contributed by atoms with van der Waals surface area (Å²) in [4.78, 5) is 94.6. The first-order valence-corrected chi connectivity index (χ1v) is 16.7. The van der Waals surface area contributed by atoms with Crippen molar-refractivity contribution in [1.29, 1.82) is 0 Å². The molecule has 2 fully saturated rings. The van der Waals surface area contributed by atoms with Crippen molar-refractivity contribution in [1.82, 2.24) is 0 Å². The van der Waals surface area contributed by atoms with Gasteiger partial charge >= 0.3 is 47.8 Å². The van der Waals surface area contributed by atoms with Crippen molar-refractivity contribution < 1.29 is 85.7 Å². The second-order valence-electron chi connectivity index (χ2n) is 12.0. The average molecular weight is 803 g/mol. The van der Waals surface area contributed by atoms with E-state index in [1.54, 1.807) is 0 Å². The minimum Gasteiger partial charge on any atom is -0.460 e. The topological polar surface area (TPSA) is 229 Å². The van der Waals surface area contributed by atoms with Crippen LogP contribution in [0.1, 0.15) is 27.7 Å². The Morgan fingerprint density at radius 2 is 0.842 bits per heavy atom. The van der Waals surface area contributed by atoms with Gasteiger partial charge in [-0.05, 0) is 27.7 Å². The zero-order valence-electron chi connectivity index (χ0n) is 32.1. The number of esters is 8. The number of carbonyl (C=O) groups is 8. The highest BCUT2D eigenvalue weighted by atomic mass is 16.7. The lowest BCUT2D eigenvalue weighted by Crippen LogP contribution is -2.58. The zero-order chi connectivity index (χ0) is 43.6. The Hall–Kier alpha value is -6.40. The van der Waals surface area contributed by atoms with Gasteiger partial charge in [-0.1, -0.05) is 52.6 Å². The van der Waals surface area contributed by atoms with Gasteiger partial charge in [0.25, 0.3) is 0 Å². The summed E-state index contributed by atoms with van der Waals surface area (Å²) in [6.07, 6.45) is -6.44. The molecule has 0 amide bonds. The van der Waals surface area contributed by atoms with Crippen molar-refractivity contribution in [3.05, 3.63) is 99.2 Å². The van der Waals surface area contributed by atoms with Crippen LogP contribution in [-0.4, -0.2) is 117 Å². The van der Waals surface area contributed by atoms with E-state index in [-0.39, 0.29) is 42.1 Å². The second-order valence-corrected chi connectivity index (χ2v) is 12.0. The van der Waals surface area contributed by atoms with Crippen molar-refractivity contribution in [3.63, 3.8) is 0 Å². The maximum Gasteiger partial charge on any atom is 0.335 e. The van der Waals surface area contributed by atoms with Crippen LogP contribution in [0, 0.1) is 0 Å². The van der Waals surface area contributed by atoms with Crippen molar-refractivity contribution in [2.45, 2.75) is 76.7 Å². The molecular weight excluding hydrogens is 756 g/mol. The Balaban J connectivity index is 0.000000573. The molecule has 0 N–H and O–H groups in total. The van der Waals surface area contributed by atoms with Gasteiger partial charge in [0, 0.05) is 46.6 Å². The van der Waals surface area contributed by atoms with Crippen LogP contribution >= 0.6 is 0 Å². The summed E-state index contributed by atoms with van der Waals surface area (Å²) >= 11 is 0. The van der Waals surface area contributed by atoms with Gasteiger partial charge in [0.05, 0.1) is 13.2 Å². The molecule has 2 aliphatic rings. The lowest BCUT2D eigenvalue weighted by Gasteiger charge is -2.40. The summed E-state index contributed by atoms with van der Waals surface area (Å²) in [5, 5.41) is 0. The molecule has 2 unspecified atom stereocenters. The Bertz CT molecular complexity index is 1600. The molecule has 2 heterocycles. The van der Waals surface area contributed by atoms with Crippen LogP contribution in [0.2, 0.25) is 0 Å². The largest absolute Gasteiger partial charge is 0.460 e. The van der Waals surface area contributed by atoms with E-state index in [0.29, 0.717) is 0 Å². The lowest BCUT2D eigenvalue weighted by atomic mass is 9.99. The summed E-state index contributed by atoms with van der Waals surface area (Å²) in [7, 11) is 0. The summed E-state index contributed by atoms with van der Waals surface area (Å²) in [6, 6.07) is 0. The molecule has 0 aromatic rings. The summed E-state index contributed by atoms with van der Waals surface area (Å²) < 4.78 is 52.5. The Morgan fingerprint density at radius 3 is 1.32 bits per heavy atom. The number of hydrogen-bond donors (Lipinski definition) is 0. The van der Waals surface area contributed by atoms with Crippen molar-refractivity contribution in [2.24, 2.45) is 0 Å². The monoisotopic (exact) mass is 802 g/mol. The molecule has 18 nitrogen and oxygen atoms in total. The molecular formula is C39H46O18. The molecule has 0 bridgehead atoms. The molecule has 8 atom stereocenters. The first-order valence-electron chi connectivity index (χ1n) is 16.7. The van der Waals surface area contributed by atoms with Gasteiger partial charge in [-0.3, -0.25) is 0 Å². The van der Waals surface area contributed by atoms with E-state index < -0.39 is 96.8 Å². The van der Waals surface area contributed by atoms with E-state index in [4.69, 9.17) is 47.4 Å². The van der Waals surface area contributed by atoms with Crippen LogP contribution in [0.3, 0.4) is 0 Å². The fourth-order valence-electron chi connectivity index (χ4n) is 4.25. The molecule has 0 radical (unpaired) electrons. The van der Waals surface area contributed by atoms with Crippen LogP contribution in [0.15, 0.2) is 99.2 Å². The van der Waals surface area contributed by atoms with Gasteiger partial charge in [0.2, 0.25) is 12.4 Å². The van der Waals surface area contributed by atoms with Crippen LogP contribution in [0.5, 0.6) is 0 Å². The third kappa shape index (κ3) is 15.7. The van der Waals surface area contributed by atoms with Crippen LogP contribution in [0.4, 0.5) is 0 Å². The Kier molecular flexibility index (Phi) is 20.0. The summed E-state index contributed by atoms with van der Waals surface area (Å²) in [5.41, 5.74) is 0.235. The van der Waals surface area contributed by atoms with E-state index >= 15 is 0 Å². The van der Waals surface area contributed by atoms with Crippen LogP contribution in [-0.2, 0) is 85.7 Å². The average Bonchev–Trinajstić information content (AvgIpc) is 3.16. The predicted octanol–water partition coefficient (Wildman–Crippen LogP) is 2.33. The maximum absolute atomic E-state index is 12.2. The fourth-order valence-corrected chi connectivity index (χ4v) is 4.25. The fraction of sp³-hybridized carbons (Fsp3) is 0.385. The molecule has 0 aromatic carbocycles. The highest BCUT2D eigenvalue weighted by Crippen LogP contribution is 2.28. The molecule has 0 saturated carbocycles. The summed E-state index contributed by atoms with van der Waals surface area (Å²) in [6.45, 7) is 31.8.